The number of hydrogen-bond donors (Lipinski definition) is 1. The number of hydrogen-bond acceptors (Lipinski definition) is 8. The van der Waals surface area contributed by atoms with Gasteiger partial charge in [0.1, 0.15) is 5.76 Å². The maximum Gasteiger partial charge on any atom is 0.337 e. The van der Waals surface area contributed by atoms with E-state index in [-0.39, 0.29) is 11.3 Å². The van der Waals surface area contributed by atoms with E-state index in [0.29, 0.717) is 22.0 Å². The number of ketones is 1. The van der Waals surface area contributed by atoms with Crippen molar-refractivity contribution in [3.8, 4) is 0 Å². The highest BCUT2D eigenvalue weighted by atomic mass is 32.1. The van der Waals surface area contributed by atoms with E-state index < -0.39 is 29.5 Å². The number of rotatable bonds is 5. The SMILES string of the molecule is COC(=O)c1ccc([C@H]2C(C(=O)c3ccc(C)o3)=C(O)C(=O)N2c2nc3c(C)cc(C)cc3s2)cc1. The number of carbonyl (C=O) groups is 3. The van der Waals surface area contributed by atoms with Crippen molar-refractivity contribution in [3.05, 3.63) is 93.6 Å². The third-order valence-electron chi connectivity index (χ3n) is 6.09. The molecule has 2 aromatic heterocycles. The van der Waals surface area contributed by atoms with E-state index in [1.807, 2.05) is 26.0 Å². The molecule has 5 rings (SSSR count). The molecular formula is C27H22N2O6S. The first-order valence-corrected chi connectivity index (χ1v) is 11.9. The molecule has 0 saturated carbocycles. The fourth-order valence-corrected chi connectivity index (χ4v) is 5.59. The summed E-state index contributed by atoms with van der Waals surface area (Å²) in [6.45, 7) is 5.62. The van der Waals surface area contributed by atoms with Crippen LogP contribution in [0.3, 0.4) is 0 Å². The van der Waals surface area contributed by atoms with Crippen LogP contribution >= 0.6 is 11.3 Å². The number of amides is 1. The highest BCUT2D eigenvalue weighted by Gasteiger charge is 2.46. The van der Waals surface area contributed by atoms with Crippen LogP contribution in [0.4, 0.5) is 5.13 Å². The number of anilines is 1. The number of Topliss-reactive ketones (excluding diaryl/α,β-unsaturated/α-hetero) is 1. The minimum absolute atomic E-state index is 0.00986. The lowest BCUT2D eigenvalue weighted by molar-refractivity contribution is -0.117. The van der Waals surface area contributed by atoms with Gasteiger partial charge in [-0.05, 0) is 67.8 Å². The first-order valence-electron chi connectivity index (χ1n) is 11.1. The van der Waals surface area contributed by atoms with Crippen LogP contribution in [0.25, 0.3) is 10.2 Å². The second kappa shape index (κ2) is 8.76. The van der Waals surface area contributed by atoms with Crippen LogP contribution in [-0.4, -0.2) is 34.9 Å². The molecule has 1 aliphatic rings. The Morgan fingerprint density at radius 2 is 1.81 bits per heavy atom. The molecule has 1 aliphatic heterocycles. The van der Waals surface area contributed by atoms with E-state index >= 15 is 0 Å². The molecule has 36 heavy (non-hydrogen) atoms. The van der Waals surface area contributed by atoms with E-state index in [2.05, 4.69) is 0 Å². The number of methoxy groups -OCH3 is 1. The first-order chi connectivity index (χ1) is 17.2. The van der Waals surface area contributed by atoms with Gasteiger partial charge in [-0.1, -0.05) is 29.5 Å². The highest BCUT2D eigenvalue weighted by Crippen LogP contribution is 2.44. The predicted molar refractivity (Wildman–Crippen MR) is 135 cm³/mol. The minimum atomic E-state index is -0.982. The second-order valence-corrected chi connectivity index (χ2v) is 9.63. The van der Waals surface area contributed by atoms with Gasteiger partial charge in [0, 0.05) is 0 Å². The molecule has 2 aromatic carbocycles. The van der Waals surface area contributed by atoms with Crippen LogP contribution in [0.1, 0.15) is 49.4 Å². The fourth-order valence-electron chi connectivity index (χ4n) is 4.42. The van der Waals surface area contributed by atoms with Crippen molar-refractivity contribution in [2.24, 2.45) is 0 Å². The number of ether oxygens (including phenoxy) is 1. The molecule has 8 nitrogen and oxygen atoms in total. The lowest BCUT2D eigenvalue weighted by Crippen LogP contribution is -2.31. The summed E-state index contributed by atoms with van der Waals surface area (Å²) in [6.07, 6.45) is 0. The summed E-state index contributed by atoms with van der Waals surface area (Å²) in [5.74, 6) is -1.99. The van der Waals surface area contributed by atoms with Crippen molar-refractivity contribution in [2.75, 3.05) is 12.0 Å². The van der Waals surface area contributed by atoms with Crippen LogP contribution in [0.5, 0.6) is 0 Å². The van der Waals surface area contributed by atoms with Gasteiger partial charge in [-0.25, -0.2) is 9.78 Å². The van der Waals surface area contributed by atoms with Crippen molar-refractivity contribution in [2.45, 2.75) is 26.8 Å². The molecule has 0 spiro atoms. The van der Waals surface area contributed by atoms with Gasteiger partial charge in [-0.15, -0.1) is 0 Å². The van der Waals surface area contributed by atoms with Crippen LogP contribution < -0.4 is 4.90 Å². The average molecular weight is 503 g/mol. The molecule has 0 radical (unpaired) electrons. The Morgan fingerprint density at radius 1 is 1.08 bits per heavy atom. The molecule has 182 valence electrons. The lowest BCUT2D eigenvalue weighted by Gasteiger charge is -2.24. The topological polar surface area (TPSA) is 110 Å². The van der Waals surface area contributed by atoms with Gasteiger partial charge in [0.05, 0.1) is 34.5 Å². The number of thiazole rings is 1. The van der Waals surface area contributed by atoms with E-state index in [0.717, 1.165) is 21.3 Å². The van der Waals surface area contributed by atoms with Gasteiger partial charge in [0.25, 0.3) is 5.91 Å². The Balaban J connectivity index is 1.67. The quantitative estimate of drug-likeness (QED) is 0.288. The first kappa shape index (κ1) is 23.5. The van der Waals surface area contributed by atoms with Crippen molar-refractivity contribution >= 4 is 44.3 Å². The standard InChI is InChI=1S/C27H22N2O6S/c1-13-11-14(2)21-19(12-13)36-27(28-21)29-22(16-6-8-17(9-7-16)26(33)34-4)20(24(31)25(29)32)23(30)18-10-5-15(3)35-18/h5-12,22,31H,1-4H3/t22-/m0/s1. The largest absolute Gasteiger partial charge is 0.503 e. The summed E-state index contributed by atoms with van der Waals surface area (Å²) >= 11 is 1.30. The number of esters is 1. The molecule has 0 aliphatic carbocycles. The number of aromatic nitrogens is 1. The van der Waals surface area contributed by atoms with Crippen LogP contribution in [0, 0.1) is 20.8 Å². The lowest BCUT2D eigenvalue weighted by atomic mass is 9.94. The number of fused-ring (bicyclic) bond motifs is 1. The number of aryl methyl sites for hydroxylation is 3. The Morgan fingerprint density at radius 3 is 2.44 bits per heavy atom. The molecule has 1 N–H and O–H groups in total. The molecule has 1 atom stereocenters. The van der Waals surface area contributed by atoms with E-state index in [1.54, 1.807) is 37.3 Å². The molecule has 0 bridgehead atoms. The summed E-state index contributed by atoms with van der Waals surface area (Å²) in [7, 11) is 1.29. The Kier molecular flexibility index (Phi) is 5.72. The van der Waals surface area contributed by atoms with Crippen LogP contribution in [0.2, 0.25) is 0 Å². The third kappa shape index (κ3) is 3.77. The summed E-state index contributed by atoms with van der Waals surface area (Å²) in [6, 6.07) is 12.5. The molecule has 9 heteroatoms. The zero-order valence-electron chi connectivity index (χ0n) is 20.0. The van der Waals surface area contributed by atoms with Crippen molar-refractivity contribution < 1.29 is 28.6 Å². The predicted octanol–water partition coefficient (Wildman–Crippen LogP) is 5.38. The number of furan rings is 1. The fraction of sp³-hybridized carbons (Fsp3) is 0.185. The highest BCUT2D eigenvalue weighted by molar-refractivity contribution is 7.22. The van der Waals surface area contributed by atoms with Crippen LogP contribution in [-0.2, 0) is 9.53 Å². The number of aliphatic hydroxyl groups excluding tert-OH is 1. The number of aliphatic hydroxyl groups is 1. The van der Waals surface area contributed by atoms with Gasteiger partial charge < -0.3 is 14.3 Å². The van der Waals surface area contributed by atoms with Gasteiger partial charge in [-0.3, -0.25) is 14.5 Å². The summed E-state index contributed by atoms with van der Waals surface area (Å²) in [4.78, 5) is 44.9. The number of carbonyl (C=O) groups excluding carboxylic acids is 3. The Hall–Kier alpha value is -4.24. The summed E-state index contributed by atoms with van der Waals surface area (Å²) in [5.41, 5.74) is 3.46. The second-order valence-electron chi connectivity index (χ2n) is 8.62. The zero-order chi connectivity index (χ0) is 25.7. The molecule has 0 saturated heterocycles. The molecule has 3 heterocycles. The van der Waals surface area contributed by atoms with Gasteiger partial charge >= 0.3 is 5.97 Å². The van der Waals surface area contributed by atoms with E-state index in [4.69, 9.17) is 14.1 Å². The molecule has 1 amide bonds. The number of benzene rings is 2. The average Bonchev–Trinajstić information content (AvgIpc) is 3.55. The maximum atomic E-state index is 13.5. The minimum Gasteiger partial charge on any atom is -0.503 e. The van der Waals surface area contributed by atoms with Gasteiger partial charge in [0.15, 0.2) is 16.7 Å². The molecular weight excluding hydrogens is 480 g/mol. The molecule has 4 aromatic rings. The normalized spacial score (nSPS) is 15.7. The maximum absolute atomic E-state index is 13.5. The van der Waals surface area contributed by atoms with Crippen LogP contribution in [0.15, 0.2) is 64.3 Å². The van der Waals surface area contributed by atoms with Crippen molar-refractivity contribution in [1.82, 2.24) is 4.98 Å². The molecule has 0 fully saturated rings. The third-order valence-corrected chi connectivity index (χ3v) is 7.09. The monoisotopic (exact) mass is 502 g/mol. The van der Waals surface area contributed by atoms with Gasteiger partial charge in [-0.2, -0.15) is 0 Å². The van der Waals surface area contributed by atoms with E-state index in [9.17, 15) is 19.5 Å². The summed E-state index contributed by atoms with van der Waals surface area (Å²) in [5, 5.41) is 11.3. The van der Waals surface area contributed by atoms with Crippen molar-refractivity contribution in [1.29, 1.82) is 0 Å². The van der Waals surface area contributed by atoms with Gasteiger partial charge in [0.2, 0.25) is 5.78 Å². The number of nitrogens with zero attached hydrogens (tertiary/aromatic N) is 2. The Labute approximate surface area is 210 Å². The van der Waals surface area contributed by atoms with Crippen molar-refractivity contribution in [3.63, 3.8) is 0 Å². The zero-order valence-corrected chi connectivity index (χ0v) is 20.8. The van der Waals surface area contributed by atoms with E-state index in [1.165, 1.54) is 29.4 Å². The molecule has 0 unspecified atom stereocenters. The Bertz CT molecular complexity index is 1580. The smallest absolute Gasteiger partial charge is 0.337 e. The summed E-state index contributed by atoms with van der Waals surface area (Å²) < 4.78 is 11.2.